The minimum atomic E-state index is -3.80. The topological polar surface area (TPSA) is 69.6 Å². The van der Waals surface area contributed by atoms with Crippen molar-refractivity contribution in [3.8, 4) is 0 Å². The van der Waals surface area contributed by atoms with Crippen LogP contribution in [0, 0.1) is 0 Å². The molecule has 0 aromatic heterocycles. The minimum absolute atomic E-state index is 0.155. The number of hydrogen-bond donors (Lipinski definition) is 0. The largest absolute Gasteiger partial charge is 0.875 e. The van der Waals surface area contributed by atoms with Crippen LogP contribution in [0.25, 0.3) is 6.08 Å². The van der Waals surface area contributed by atoms with Gasteiger partial charge in [-0.05, 0) is 23.3 Å². The molecule has 0 saturated heterocycles. The van der Waals surface area contributed by atoms with E-state index in [4.69, 9.17) is 0 Å². The first kappa shape index (κ1) is 15.0. The Labute approximate surface area is 124 Å². The lowest BCUT2D eigenvalue weighted by Gasteiger charge is -2.14. The second kappa shape index (κ2) is 6.37. The standard InChI is InChI=1S/C16H15NO3S/c1-13(18)15-9-5-6-10-16(15)17-21(19,20)12-11-14-7-3-2-4-8-14/h2-12,18H,1H3/p-1/b12-11+,15-13?,17-16?. The van der Waals surface area contributed by atoms with E-state index in [1.54, 1.807) is 30.4 Å². The van der Waals surface area contributed by atoms with Crippen molar-refractivity contribution in [1.82, 2.24) is 0 Å². The van der Waals surface area contributed by atoms with Crippen LogP contribution in [0.3, 0.4) is 0 Å². The van der Waals surface area contributed by atoms with Crippen LogP contribution in [-0.2, 0) is 10.0 Å². The maximum atomic E-state index is 12.0. The zero-order valence-corrected chi connectivity index (χ0v) is 12.2. The smallest absolute Gasteiger partial charge is 0.276 e. The summed E-state index contributed by atoms with van der Waals surface area (Å²) in [5.41, 5.74) is 1.20. The van der Waals surface area contributed by atoms with Crippen LogP contribution < -0.4 is 5.11 Å². The van der Waals surface area contributed by atoms with Gasteiger partial charge in [-0.3, -0.25) is 0 Å². The number of allylic oxidation sites excluding steroid dienone is 6. The quantitative estimate of drug-likeness (QED) is 0.803. The third-order valence-electron chi connectivity index (χ3n) is 2.74. The van der Waals surface area contributed by atoms with Crippen LogP contribution in [0.1, 0.15) is 12.5 Å². The van der Waals surface area contributed by atoms with Gasteiger partial charge < -0.3 is 5.11 Å². The number of benzene rings is 1. The molecule has 5 heteroatoms. The highest BCUT2D eigenvalue weighted by Crippen LogP contribution is 2.13. The van der Waals surface area contributed by atoms with E-state index in [1.165, 1.54) is 19.1 Å². The van der Waals surface area contributed by atoms with E-state index in [2.05, 4.69) is 4.40 Å². The summed E-state index contributed by atoms with van der Waals surface area (Å²) in [4.78, 5) is 0. The van der Waals surface area contributed by atoms with Gasteiger partial charge in [0.1, 0.15) is 0 Å². The fourth-order valence-electron chi connectivity index (χ4n) is 1.75. The van der Waals surface area contributed by atoms with E-state index in [9.17, 15) is 13.5 Å². The highest BCUT2D eigenvalue weighted by molar-refractivity contribution is 7.93. The molecule has 0 heterocycles. The summed E-state index contributed by atoms with van der Waals surface area (Å²) in [6.07, 6.45) is 7.83. The highest BCUT2D eigenvalue weighted by Gasteiger charge is 2.09. The van der Waals surface area contributed by atoms with Crippen molar-refractivity contribution >= 4 is 21.8 Å². The SMILES string of the molecule is CC([O-])=C1C=CC=CC1=NS(=O)(=O)/C=C/c1ccccc1. The van der Waals surface area contributed by atoms with Gasteiger partial charge in [0.15, 0.2) is 0 Å². The predicted molar refractivity (Wildman–Crippen MR) is 82.8 cm³/mol. The first-order chi connectivity index (χ1) is 9.98. The normalized spacial score (nSPS) is 19.4. The molecule has 0 aliphatic heterocycles. The Hall–Kier alpha value is -2.40. The molecule has 0 atom stereocenters. The number of hydrogen-bond acceptors (Lipinski definition) is 3. The molecule has 0 unspecified atom stereocenters. The van der Waals surface area contributed by atoms with E-state index in [-0.39, 0.29) is 17.0 Å². The predicted octanol–water partition coefficient (Wildman–Crippen LogP) is 2.19. The Kier molecular flexibility index (Phi) is 4.55. The van der Waals surface area contributed by atoms with E-state index in [0.29, 0.717) is 0 Å². The molecular weight excluding hydrogens is 286 g/mol. The average Bonchev–Trinajstić information content (AvgIpc) is 2.46. The first-order valence-corrected chi connectivity index (χ1v) is 7.79. The second-order valence-corrected chi connectivity index (χ2v) is 5.88. The maximum absolute atomic E-state index is 12.0. The summed E-state index contributed by atoms with van der Waals surface area (Å²) < 4.78 is 27.7. The van der Waals surface area contributed by atoms with Gasteiger partial charge in [0.2, 0.25) is 0 Å². The monoisotopic (exact) mass is 300 g/mol. The van der Waals surface area contributed by atoms with E-state index in [0.717, 1.165) is 11.0 Å². The summed E-state index contributed by atoms with van der Waals surface area (Å²) in [6, 6.07) is 9.05. The van der Waals surface area contributed by atoms with Crippen molar-refractivity contribution in [1.29, 1.82) is 0 Å². The van der Waals surface area contributed by atoms with Gasteiger partial charge in [-0.2, -0.15) is 12.8 Å². The molecule has 1 aromatic carbocycles. The molecule has 4 nitrogen and oxygen atoms in total. The lowest BCUT2D eigenvalue weighted by molar-refractivity contribution is -0.302. The Morgan fingerprint density at radius 2 is 1.81 bits per heavy atom. The van der Waals surface area contributed by atoms with Crippen molar-refractivity contribution < 1.29 is 13.5 Å². The van der Waals surface area contributed by atoms with Crippen LogP contribution in [0.15, 0.2) is 75.8 Å². The van der Waals surface area contributed by atoms with Gasteiger partial charge in [0, 0.05) is 0 Å². The van der Waals surface area contributed by atoms with Crippen LogP contribution in [0.2, 0.25) is 0 Å². The van der Waals surface area contributed by atoms with Crippen molar-refractivity contribution in [2.24, 2.45) is 4.40 Å². The molecule has 0 N–H and O–H groups in total. The summed E-state index contributed by atoms with van der Waals surface area (Å²) in [7, 11) is -3.80. The van der Waals surface area contributed by atoms with Crippen molar-refractivity contribution in [2.45, 2.75) is 6.92 Å². The molecule has 0 saturated carbocycles. The van der Waals surface area contributed by atoms with Crippen LogP contribution in [0.4, 0.5) is 0 Å². The zero-order valence-electron chi connectivity index (χ0n) is 11.4. The van der Waals surface area contributed by atoms with E-state index in [1.807, 2.05) is 18.2 Å². The van der Waals surface area contributed by atoms with Gasteiger partial charge in [0.25, 0.3) is 10.0 Å². The summed E-state index contributed by atoms with van der Waals surface area (Å²) in [5.74, 6) is -0.225. The molecule has 0 radical (unpaired) electrons. The van der Waals surface area contributed by atoms with Gasteiger partial charge in [-0.15, -0.1) is 5.76 Å². The van der Waals surface area contributed by atoms with Gasteiger partial charge in [-0.1, -0.05) is 55.5 Å². The summed E-state index contributed by atoms with van der Waals surface area (Å²) >= 11 is 0. The Morgan fingerprint density at radius 3 is 2.48 bits per heavy atom. The number of nitrogens with zero attached hydrogens (tertiary/aromatic N) is 1. The Bertz CT molecular complexity index is 763. The van der Waals surface area contributed by atoms with E-state index < -0.39 is 10.0 Å². The molecule has 0 bridgehead atoms. The molecule has 108 valence electrons. The third kappa shape index (κ3) is 4.29. The Balaban J connectivity index is 2.31. The minimum Gasteiger partial charge on any atom is -0.875 e. The number of rotatable bonds is 3. The average molecular weight is 300 g/mol. The van der Waals surface area contributed by atoms with Crippen molar-refractivity contribution in [3.05, 3.63) is 76.9 Å². The molecule has 0 fully saturated rings. The zero-order chi connectivity index (χ0) is 15.3. The lowest BCUT2D eigenvalue weighted by atomic mass is 10.1. The van der Waals surface area contributed by atoms with Gasteiger partial charge in [-0.25, -0.2) is 0 Å². The van der Waals surface area contributed by atoms with E-state index >= 15 is 0 Å². The molecule has 21 heavy (non-hydrogen) atoms. The molecule has 1 aliphatic rings. The lowest BCUT2D eigenvalue weighted by Crippen LogP contribution is -2.11. The van der Waals surface area contributed by atoms with Crippen molar-refractivity contribution in [2.75, 3.05) is 0 Å². The van der Waals surface area contributed by atoms with Gasteiger partial charge in [0.05, 0.1) is 11.1 Å². The second-order valence-electron chi connectivity index (χ2n) is 4.39. The van der Waals surface area contributed by atoms with Crippen LogP contribution in [-0.4, -0.2) is 14.1 Å². The fraction of sp³-hybridized carbons (Fsp3) is 0.0625. The van der Waals surface area contributed by atoms with Crippen LogP contribution in [0.5, 0.6) is 0 Å². The van der Waals surface area contributed by atoms with Crippen molar-refractivity contribution in [3.63, 3.8) is 0 Å². The third-order valence-corrected chi connectivity index (χ3v) is 3.67. The first-order valence-electron chi connectivity index (χ1n) is 6.29. The molecule has 1 aromatic rings. The summed E-state index contributed by atoms with van der Waals surface area (Å²) in [5, 5.41) is 12.5. The summed E-state index contributed by atoms with van der Waals surface area (Å²) in [6.45, 7) is 1.38. The van der Waals surface area contributed by atoms with Gasteiger partial charge >= 0.3 is 0 Å². The maximum Gasteiger partial charge on any atom is 0.276 e. The Morgan fingerprint density at radius 1 is 1.14 bits per heavy atom. The fourth-order valence-corrected chi connectivity index (χ4v) is 2.57. The molecule has 2 rings (SSSR count). The molecule has 1 aliphatic carbocycles. The molecular formula is C16H14NO3S-. The molecule has 0 amide bonds. The highest BCUT2D eigenvalue weighted by atomic mass is 32.2. The van der Waals surface area contributed by atoms with Crippen LogP contribution >= 0.6 is 0 Å². The molecule has 0 spiro atoms. The number of sulfonamides is 1.